The number of hydrogen-bond donors (Lipinski definition) is 2. The van der Waals surface area contributed by atoms with Crippen LogP contribution in [0.25, 0.3) is 11.1 Å². The lowest BCUT2D eigenvalue weighted by molar-refractivity contribution is 0.0413. The number of aryl methyl sites for hydroxylation is 1. The fourth-order valence-electron chi connectivity index (χ4n) is 3.07. The molecule has 2 atom stereocenters. The van der Waals surface area contributed by atoms with Crippen LogP contribution in [0.4, 0.5) is 4.79 Å². The van der Waals surface area contributed by atoms with E-state index in [1.807, 2.05) is 27.7 Å². The Morgan fingerprint density at radius 2 is 1.57 bits per heavy atom. The van der Waals surface area contributed by atoms with Crippen LogP contribution in [0, 0.1) is 6.92 Å². The Labute approximate surface area is 168 Å². The Hall–Kier alpha value is -2.33. The molecule has 0 aliphatic heterocycles. The van der Waals surface area contributed by atoms with Gasteiger partial charge in [0.25, 0.3) is 0 Å². The van der Waals surface area contributed by atoms with Gasteiger partial charge in [0.2, 0.25) is 0 Å². The minimum Gasteiger partial charge on any atom is -0.444 e. The normalized spacial score (nSPS) is 13.6. The van der Waals surface area contributed by atoms with Crippen molar-refractivity contribution in [3.05, 3.63) is 59.7 Å². The third-order valence-electron chi connectivity index (χ3n) is 4.55. The molecule has 2 aromatic carbocycles. The largest absolute Gasteiger partial charge is 0.444 e. The summed E-state index contributed by atoms with van der Waals surface area (Å²) in [5.74, 6) is 0. The summed E-state index contributed by atoms with van der Waals surface area (Å²) in [6, 6.07) is 16.3. The molecule has 1 amide bonds. The van der Waals surface area contributed by atoms with E-state index in [1.165, 1.54) is 11.1 Å². The van der Waals surface area contributed by atoms with Gasteiger partial charge in [0.05, 0.1) is 12.1 Å². The van der Waals surface area contributed by atoms with E-state index >= 15 is 0 Å². The molecule has 0 heterocycles. The molecule has 0 spiro atoms. The number of benzene rings is 2. The van der Waals surface area contributed by atoms with Gasteiger partial charge in [0.1, 0.15) is 5.60 Å². The molecule has 4 heteroatoms. The zero-order valence-corrected chi connectivity index (χ0v) is 17.7. The molecular weight excluding hydrogens is 350 g/mol. The molecule has 0 bridgehead atoms. The zero-order valence-electron chi connectivity index (χ0n) is 17.7. The second-order valence-corrected chi connectivity index (χ2v) is 8.38. The number of nitrogens with one attached hydrogen (secondary N) is 1. The highest BCUT2D eigenvalue weighted by Crippen LogP contribution is 2.21. The van der Waals surface area contributed by atoms with Crippen LogP contribution in [0.5, 0.6) is 0 Å². The molecule has 2 rings (SSSR count). The lowest BCUT2D eigenvalue weighted by atomic mass is 9.96. The average Bonchev–Trinajstić information content (AvgIpc) is 2.61. The number of alkyl carbamates (subject to hydrolysis) is 1. The molecule has 0 aromatic heterocycles. The fraction of sp³-hybridized carbons (Fsp3) is 0.458. The maximum Gasteiger partial charge on any atom is 0.407 e. The average molecular weight is 384 g/mol. The third kappa shape index (κ3) is 7.01. The number of aliphatic hydroxyl groups is 1. The monoisotopic (exact) mass is 383 g/mol. The van der Waals surface area contributed by atoms with Gasteiger partial charge in [-0.3, -0.25) is 0 Å². The number of hydrogen-bond acceptors (Lipinski definition) is 3. The third-order valence-corrected chi connectivity index (χ3v) is 4.55. The summed E-state index contributed by atoms with van der Waals surface area (Å²) in [5.41, 5.74) is 4.05. The van der Waals surface area contributed by atoms with Crippen LogP contribution < -0.4 is 5.32 Å². The van der Waals surface area contributed by atoms with E-state index in [0.717, 1.165) is 17.5 Å². The predicted octanol–water partition coefficient (Wildman–Crippen LogP) is 5.26. The first-order valence-corrected chi connectivity index (χ1v) is 10.0. The molecule has 0 aliphatic carbocycles. The minimum atomic E-state index is -0.616. The van der Waals surface area contributed by atoms with Crippen LogP contribution in [0.15, 0.2) is 48.5 Å². The summed E-state index contributed by atoms with van der Waals surface area (Å²) in [7, 11) is 0. The number of carbonyl (C=O) groups excluding carboxylic acids is 1. The molecule has 0 saturated carbocycles. The Kier molecular flexibility index (Phi) is 7.64. The van der Waals surface area contributed by atoms with Crippen LogP contribution in [0.3, 0.4) is 0 Å². The van der Waals surface area contributed by atoms with E-state index < -0.39 is 17.8 Å². The molecule has 0 aliphatic rings. The van der Waals surface area contributed by atoms with Gasteiger partial charge in [-0.1, -0.05) is 67.4 Å². The maximum atomic E-state index is 12.2. The van der Waals surface area contributed by atoms with E-state index in [2.05, 4.69) is 60.8 Å². The highest BCUT2D eigenvalue weighted by Gasteiger charge is 2.24. The van der Waals surface area contributed by atoms with Crippen LogP contribution >= 0.6 is 0 Å². The van der Waals surface area contributed by atoms with Crippen molar-refractivity contribution < 1.29 is 14.6 Å². The highest BCUT2D eigenvalue weighted by atomic mass is 16.6. The SMILES string of the molecule is CCCC(O)[C@@H](Cc1ccc(-c2ccc(C)cc2)cc1)NC(=O)OC(C)(C)C. The van der Waals surface area contributed by atoms with Gasteiger partial charge in [0, 0.05) is 0 Å². The first-order chi connectivity index (χ1) is 13.2. The molecule has 0 fully saturated rings. The number of ether oxygens (including phenoxy) is 1. The van der Waals surface area contributed by atoms with Crippen LogP contribution in [-0.2, 0) is 11.2 Å². The van der Waals surface area contributed by atoms with Gasteiger partial charge in [0.15, 0.2) is 0 Å². The van der Waals surface area contributed by atoms with E-state index in [0.29, 0.717) is 12.8 Å². The van der Waals surface area contributed by atoms with Crippen molar-refractivity contribution in [3.63, 3.8) is 0 Å². The summed E-state index contributed by atoms with van der Waals surface area (Å²) in [4.78, 5) is 12.2. The van der Waals surface area contributed by atoms with E-state index in [-0.39, 0.29) is 6.04 Å². The van der Waals surface area contributed by atoms with Crippen molar-refractivity contribution >= 4 is 6.09 Å². The Morgan fingerprint density at radius 1 is 1.04 bits per heavy atom. The van der Waals surface area contributed by atoms with Crippen LogP contribution in [0.2, 0.25) is 0 Å². The van der Waals surface area contributed by atoms with E-state index in [4.69, 9.17) is 4.74 Å². The van der Waals surface area contributed by atoms with Gasteiger partial charge in [-0.05, 0) is 57.2 Å². The van der Waals surface area contributed by atoms with Crippen molar-refractivity contribution in [2.75, 3.05) is 0 Å². The second-order valence-electron chi connectivity index (χ2n) is 8.38. The van der Waals surface area contributed by atoms with Crippen molar-refractivity contribution in [3.8, 4) is 11.1 Å². The highest BCUT2D eigenvalue weighted by molar-refractivity contribution is 5.68. The summed E-state index contributed by atoms with van der Waals surface area (Å²) < 4.78 is 5.36. The number of carbonyl (C=O) groups is 1. The molecule has 152 valence electrons. The summed E-state index contributed by atoms with van der Waals surface area (Å²) in [5, 5.41) is 13.4. The van der Waals surface area contributed by atoms with Gasteiger partial charge < -0.3 is 15.2 Å². The Morgan fingerprint density at radius 3 is 2.07 bits per heavy atom. The van der Waals surface area contributed by atoms with Gasteiger partial charge >= 0.3 is 6.09 Å². The molecular formula is C24H33NO3. The van der Waals surface area contributed by atoms with Crippen molar-refractivity contribution in [1.29, 1.82) is 0 Å². The lowest BCUT2D eigenvalue weighted by Gasteiger charge is -2.26. The van der Waals surface area contributed by atoms with Crippen LogP contribution in [-0.4, -0.2) is 28.9 Å². The van der Waals surface area contributed by atoms with Gasteiger partial charge in [-0.25, -0.2) is 4.79 Å². The first kappa shape index (κ1) is 22.0. The Balaban J connectivity index is 2.09. The molecule has 28 heavy (non-hydrogen) atoms. The molecule has 0 radical (unpaired) electrons. The van der Waals surface area contributed by atoms with E-state index in [9.17, 15) is 9.90 Å². The standard InChI is InChI=1S/C24H33NO3/c1-6-7-22(26)21(25-23(27)28-24(3,4)5)16-18-10-14-20(15-11-18)19-12-8-17(2)9-13-19/h8-15,21-22,26H,6-7,16H2,1-5H3,(H,25,27)/t21-,22?/m1/s1. The number of rotatable bonds is 7. The molecule has 2 N–H and O–H groups in total. The molecule has 1 unspecified atom stereocenters. The summed E-state index contributed by atoms with van der Waals surface area (Å²) in [6.45, 7) is 9.58. The van der Waals surface area contributed by atoms with Gasteiger partial charge in [-0.2, -0.15) is 0 Å². The van der Waals surface area contributed by atoms with Gasteiger partial charge in [-0.15, -0.1) is 0 Å². The molecule has 0 saturated heterocycles. The topological polar surface area (TPSA) is 58.6 Å². The smallest absolute Gasteiger partial charge is 0.407 e. The number of aliphatic hydroxyl groups excluding tert-OH is 1. The first-order valence-electron chi connectivity index (χ1n) is 10.0. The number of amides is 1. The lowest BCUT2D eigenvalue weighted by Crippen LogP contribution is -2.46. The second kappa shape index (κ2) is 9.74. The molecule has 2 aromatic rings. The summed E-state index contributed by atoms with van der Waals surface area (Å²) in [6.07, 6.45) is 0.912. The van der Waals surface area contributed by atoms with Crippen LogP contribution in [0.1, 0.15) is 51.7 Å². The van der Waals surface area contributed by atoms with Crippen molar-refractivity contribution in [2.24, 2.45) is 0 Å². The van der Waals surface area contributed by atoms with Crippen molar-refractivity contribution in [1.82, 2.24) is 5.32 Å². The maximum absolute atomic E-state index is 12.2. The minimum absolute atomic E-state index is 0.389. The summed E-state index contributed by atoms with van der Waals surface area (Å²) >= 11 is 0. The molecule has 4 nitrogen and oxygen atoms in total. The van der Waals surface area contributed by atoms with E-state index in [1.54, 1.807) is 0 Å². The quantitative estimate of drug-likeness (QED) is 0.686. The predicted molar refractivity (Wildman–Crippen MR) is 114 cm³/mol. The van der Waals surface area contributed by atoms with Crippen molar-refractivity contribution in [2.45, 2.75) is 71.6 Å². The fourth-order valence-corrected chi connectivity index (χ4v) is 3.07. The Bertz CT molecular complexity index is 745. The zero-order chi connectivity index (χ0) is 20.7.